The van der Waals surface area contributed by atoms with Crippen molar-refractivity contribution >= 4 is 5.97 Å². The van der Waals surface area contributed by atoms with Crippen LogP contribution in [0.3, 0.4) is 0 Å². The lowest BCUT2D eigenvalue weighted by atomic mass is 9.80. The van der Waals surface area contributed by atoms with E-state index in [0.29, 0.717) is 12.8 Å². The van der Waals surface area contributed by atoms with E-state index in [1.54, 1.807) is 13.8 Å². The number of hydrogen-bond acceptors (Lipinski definition) is 3. The lowest BCUT2D eigenvalue weighted by Crippen LogP contribution is -2.49. The maximum absolute atomic E-state index is 11.0. The van der Waals surface area contributed by atoms with Crippen LogP contribution in [0.15, 0.2) is 0 Å². The largest absolute Gasteiger partial charge is 0.481 e. The summed E-state index contributed by atoms with van der Waals surface area (Å²) in [5.74, 6) is -0.702. The van der Waals surface area contributed by atoms with Crippen molar-refractivity contribution < 1.29 is 15.0 Å². The van der Waals surface area contributed by atoms with E-state index in [9.17, 15) is 9.90 Å². The Morgan fingerprint density at radius 2 is 1.80 bits per heavy atom. The summed E-state index contributed by atoms with van der Waals surface area (Å²) >= 11 is 0. The third-order valence-electron chi connectivity index (χ3n) is 3.69. The lowest BCUT2D eigenvalue weighted by molar-refractivity contribution is -0.151. The zero-order valence-electron chi connectivity index (χ0n) is 9.73. The van der Waals surface area contributed by atoms with Crippen molar-refractivity contribution in [3.05, 3.63) is 0 Å². The summed E-state index contributed by atoms with van der Waals surface area (Å²) in [6, 6.07) is 0.114. The van der Waals surface area contributed by atoms with E-state index in [0.717, 1.165) is 13.1 Å². The van der Waals surface area contributed by atoms with Gasteiger partial charge < -0.3 is 10.2 Å². The maximum Gasteiger partial charge on any atom is 0.309 e. The van der Waals surface area contributed by atoms with Crippen LogP contribution in [0.4, 0.5) is 0 Å². The molecule has 1 aliphatic rings. The Balaban J connectivity index is 2.52. The van der Waals surface area contributed by atoms with Gasteiger partial charge in [0.2, 0.25) is 0 Å². The van der Waals surface area contributed by atoms with Crippen LogP contribution in [0.2, 0.25) is 0 Å². The topological polar surface area (TPSA) is 60.8 Å². The van der Waals surface area contributed by atoms with Gasteiger partial charge in [-0.15, -0.1) is 0 Å². The summed E-state index contributed by atoms with van der Waals surface area (Å²) < 4.78 is 0. The molecule has 0 radical (unpaired) electrons. The van der Waals surface area contributed by atoms with Crippen LogP contribution in [-0.4, -0.2) is 46.3 Å². The molecule has 0 aromatic rings. The summed E-state index contributed by atoms with van der Waals surface area (Å²) in [6.07, 6.45) is 0.970. The molecule has 15 heavy (non-hydrogen) atoms. The molecule has 0 aromatic carbocycles. The van der Waals surface area contributed by atoms with Gasteiger partial charge in [0.15, 0.2) is 0 Å². The maximum atomic E-state index is 11.0. The van der Waals surface area contributed by atoms with Gasteiger partial charge >= 0.3 is 5.97 Å². The van der Waals surface area contributed by atoms with Gasteiger partial charge in [-0.2, -0.15) is 0 Å². The van der Waals surface area contributed by atoms with Crippen molar-refractivity contribution in [3.63, 3.8) is 0 Å². The van der Waals surface area contributed by atoms with Crippen LogP contribution in [0.25, 0.3) is 0 Å². The number of rotatable bonds is 3. The molecular weight excluding hydrogens is 194 g/mol. The number of likely N-dealkylation sites (tertiary alicyclic amines) is 1. The lowest BCUT2D eigenvalue weighted by Gasteiger charge is -2.40. The second-order valence-electron chi connectivity index (χ2n) is 4.88. The number of nitrogens with zero attached hydrogens (tertiary/aromatic N) is 1. The molecule has 1 saturated heterocycles. The molecule has 0 spiro atoms. The van der Waals surface area contributed by atoms with E-state index in [4.69, 9.17) is 5.11 Å². The Morgan fingerprint density at radius 1 is 1.33 bits per heavy atom. The molecule has 1 fully saturated rings. The minimum Gasteiger partial charge on any atom is -0.481 e. The van der Waals surface area contributed by atoms with E-state index < -0.39 is 11.4 Å². The summed E-state index contributed by atoms with van der Waals surface area (Å²) in [6.45, 7) is 7.08. The number of piperidine rings is 1. The number of carboxylic acids is 1. The summed E-state index contributed by atoms with van der Waals surface area (Å²) in [5.41, 5.74) is -0.574. The number of carboxylic acid groups (broad SMARTS) is 1. The fraction of sp³-hybridized carbons (Fsp3) is 0.909. The Labute approximate surface area is 90.9 Å². The third-order valence-corrected chi connectivity index (χ3v) is 3.69. The molecule has 2 N–H and O–H groups in total. The highest BCUT2D eigenvalue weighted by Gasteiger charge is 2.38. The molecule has 0 aliphatic carbocycles. The van der Waals surface area contributed by atoms with Crippen molar-refractivity contribution in [3.8, 4) is 0 Å². The second-order valence-corrected chi connectivity index (χ2v) is 4.88. The number of aliphatic hydroxyl groups is 1. The third kappa shape index (κ3) is 2.69. The van der Waals surface area contributed by atoms with Gasteiger partial charge in [-0.05, 0) is 46.7 Å². The normalized spacial score (nSPS) is 25.9. The molecular formula is C11H21NO3. The van der Waals surface area contributed by atoms with Crippen molar-refractivity contribution in [2.75, 3.05) is 13.1 Å². The smallest absolute Gasteiger partial charge is 0.309 e. The molecule has 0 saturated carbocycles. The van der Waals surface area contributed by atoms with Gasteiger partial charge in [-0.25, -0.2) is 0 Å². The fourth-order valence-corrected chi connectivity index (χ4v) is 1.94. The molecule has 4 heteroatoms. The predicted octanol–water partition coefficient (Wildman–Crippen LogP) is 0.942. The monoisotopic (exact) mass is 215 g/mol. The van der Waals surface area contributed by atoms with Gasteiger partial charge in [0.1, 0.15) is 0 Å². The number of aliphatic carboxylic acids is 1. The fourth-order valence-electron chi connectivity index (χ4n) is 1.94. The highest BCUT2D eigenvalue weighted by Crippen LogP contribution is 2.31. The van der Waals surface area contributed by atoms with Crippen LogP contribution in [0, 0.1) is 5.41 Å². The van der Waals surface area contributed by atoms with E-state index in [1.807, 2.05) is 6.92 Å². The number of carbonyl (C=O) groups is 1. The molecule has 2 unspecified atom stereocenters. The van der Waals surface area contributed by atoms with Crippen molar-refractivity contribution in [1.29, 1.82) is 0 Å². The molecule has 1 rings (SSSR count). The van der Waals surface area contributed by atoms with Crippen molar-refractivity contribution in [1.82, 2.24) is 4.90 Å². The van der Waals surface area contributed by atoms with Gasteiger partial charge in [0.05, 0.1) is 11.5 Å². The van der Waals surface area contributed by atoms with Crippen LogP contribution in [0.1, 0.15) is 33.6 Å². The van der Waals surface area contributed by atoms with E-state index in [2.05, 4.69) is 4.90 Å². The van der Waals surface area contributed by atoms with E-state index in [-0.39, 0.29) is 12.1 Å². The quantitative estimate of drug-likeness (QED) is 0.735. The van der Waals surface area contributed by atoms with Crippen LogP contribution < -0.4 is 0 Å². The molecule has 2 atom stereocenters. The SMILES string of the molecule is CC(O)C(C)N1CCC(C)(C(=O)O)CC1. The summed E-state index contributed by atoms with van der Waals surface area (Å²) in [5, 5.41) is 18.5. The van der Waals surface area contributed by atoms with Gasteiger partial charge in [0, 0.05) is 6.04 Å². The minimum absolute atomic E-state index is 0.114. The first kappa shape index (κ1) is 12.5. The van der Waals surface area contributed by atoms with E-state index in [1.165, 1.54) is 0 Å². The zero-order valence-corrected chi connectivity index (χ0v) is 9.73. The molecule has 0 bridgehead atoms. The predicted molar refractivity (Wildman–Crippen MR) is 57.7 cm³/mol. The highest BCUT2D eigenvalue weighted by molar-refractivity contribution is 5.74. The highest BCUT2D eigenvalue weighted by atomic mass is 16.4. The standard InChI is InChI=1S/C11H21NO3/c1-8(9(2)13)12-6-4-11(3,5-7-12)10(14)15/h8-9,13H,4-7H2,1-3H3,(H,14,15). The first-order valence-electron chi connectivity index (χ1n) is 5.52. The number of aliphatic hydroxyl groups excluding tert-OH is 1. The Hall–Kier alpha value is -0.610. The summed E-state index contributed by atoms with van der Waals surface area (Å²) in [4.78, 5) is 13.2. The average Bonchev–Trinajstić information content (AvgIpc) is 2.17. The van der Waals surface area contributed by atoms with Crippen LogP contribution >= 0.6 is 0 Å². The van der Waals surface area contributed by atoms with Crippen molar-refractivity contribution in [2.45, 2.75) is 45.8 Å². The van der Waals surface area contributed by atoms with Gasteiger partial charge in [-0.3, -0.25) is 9.69 Å². The average molecular weight is 215 g/mol. The van der Waals surface area contributed by atoms with Crippen LogP contribution in [0.5, 0.6) is 0 Å². The van der Waals surface area contributed by atoms with Gasteiger partial charge in [-0.1, -0.05) is 0 Å². The first-order valence-corrected chi connectivity index (χ1v) is 5.52. The number of hydrogen-bond donors (Lipinski definition) is 2. The Kier molecular flexibility index (Phi) is 3.73. The molecule has 88 valence electrons. The van der Waals surface area contributed by atoms with E-state index >= 15 is 0 Å². The molecule has 4 nitrogen and oxygen atoms in total. The van der Waals surface area contributed by atoms with Crippen LogP contribution in [-0.2, 0) is 4.79 Å². The minimum atomic E-state index is -0.702. The molecule has 0 aromatic heterocycles. The Morgan fingerprint density at radius 3 is 2.13 bits per heavy atom. The zero-order chi connectivity index (χ0) is 11.6. The first-order chi connectivity index (χ1) is 6.87. The summed E-state index contributed by atoms with van der Waals surface area (Å²) in [7, 11) is 0. The second kappa shape index (κ2) is 4.49. The van der Waals surface area contributed by atoms with Gasteiger partial charge in [0.25, 0.3) is 0 Å². The molecule has 1 heterocycles. The van der Waals surface area contributed by atoms with Crippen molar-refractivity contribution in [2.24, 2.45) is 5.41 Å². The Bertz CT molecular complexity index is 232. The molecule has 0 amide bonds. The molecule has 1 aliphatic heterocycles.